The first kappa shape index (κ1) is 13.8. The van der Waals surface area contributed by atoms with Crippen LogP contribution in [0.5, 0.6) is 0 Å². The van der Waals surface area contributed by atoms with Gasteiger partial charge in [0.1, 0.15) is 17.2 Å². The summed E-state index contributed by atoms with van der Waals surface area (Å²) >= 11 is 0. The van der Waals surface area contributed by atoms with Crippen molar-refractivity contribution in [1.29, 1.82) is 0 Å². The van der Waals surface area contributed by atoms with Crippen LogP contribution in [0, 0.1) is 12.7 Å². The molecule has 0 saturated carbocycles. The maximum absolute atomic E-state index is 13.3. The minimum Gasteiger partial charge on any atom is -0.459 e. The third kappa shape index (κ3) is 2.71. The van der Waals surface area contributed by atoms with Crippen LogP contribution in [0.4, 0.5) is 4.39 Å². The number of hydrogen-bond acceptors (Lipinski definition) is 2. The van der Waals surface area contributed by atoms with Gasteiger partial charge in [-0.2, -0.15) is 0 Å². The maximum atomic E-state index is 13.3. The highest BCUT2D eigenvalue weighted by molar-refractivity contribution is 5.82. The van der Waals surface area contributed by atoms with Crippen molar-refractivity contribution >= 4 is 11.0 Å². The van der Waals surface area contributed by atoms with Gasteiger partial charge in [-0.1, -0.05) is 19.1 Å². The van der Waals surface area contributed by atoms with Crippen molar-refractivity contribution in [2.45, 2.75) is 32.7 Å². The van der Waals surface area contributed by atoms with Gasteiger partial charge in [0, 0.05) is 10.9 Å². The Labute approximate surface area is 113 Å². The molecule has 1 aromatic carbocycles. The standard InChI is InChI=1S/C16H20FNO/c1-5-10(2)8-14(18-4)16-11(3)13-9-12(17)6-7-15(13)19-16/h6-7,9,14,18H,2,5,8H2,1,3-4H3. The topological polar surface area (TPSA) is 25.2 Å². The van der Waals surface area contributed by atoms with Gasteiger partial charge in [0.25, 0.3) is 0 Å². The lowest BCUT2D eigenvalue weighted by molar-refractivity contribution is 0.444. The summed E-state index contributed by atoms with van der Waals surface area (Å²) < 4.78 is 19.2. The van der Waals surface area contributed by atoms with Crippen molar-refractivity contribution in [1.82, 2.24) is 5.32 Å². The van der Waals surface area contributed by atoms with E-state index in [0.717, 1.165) is 35.1 Å². The molecule has 1 N–H and O–H groups in total. The van der Waals surface area contributed by atoms with Crippen molar-refractivity contribution in [3.8, 4) is 0 Å². The fraction of sp³-hybridized carbons (Fsp3) is 0.375. The molecule has 2 aromatic rings. The Morgan fingerprint density at radius 3 is 2.84 bits per heavy atom. The lowest BCUT2D eigenvalue weighted by atomic mass is 10.0. The molecule has 0 aliphatic carbocycles. The molecule has 0 aliphatic heterocycles. The molecule has 0 saturated heterocycles. The second kappa shape index (κ2) is 5.57. The van der Waals surface area contributed by atoms with Crippen molar-refractivity contribution in [2.24, 2.45) is 0 Å². The zero-order valence-electron chi connectivity index (χ0n) is 11.7. The first-order valence-corrected chi connectivity index (χ1v) is 6.59. The van der Waals surface area contributed by atoms with Gasteiger partial charge in [-0.3, -0.25) is 0 Å². The van der Waals surface area contributed by atoms with Crippen LogP contribution >= 0.6 is 0 Å². The lowest BCUT2D eigenvalue weighted by Gasteiger charge is -2.15. The Bertz CT molecular complexity index is 600. The van der Waals surface area contributed by atoms with Gasteiger partial charge in [0.05, 0.1) is 6.04 Å². The SMILES string of the molecule is C=C(CC)CC(NC)c1oc2ccc(F)cc2c1C. The molecule has 0 fully saturated rings. The van der Waals surface area contributed by atoms with Crippen LogP contribution in [-0.4, -0.2) is 7.05 Å². The fourth-order valence-corrected chi connectivity index (χ4v) is 2.30. The van der Waals surface area contributed by atoms with E-state index < -0.39 is 0 Å². The first-order chi connectivity index (χ1) is 9.06. The summed E-state index contributed by atoms with van der Waals surface area (Å²) in [4.78, 5) is 0. The Hall–Kier alpha value is -1.61. The van der Waals surface area contributed by atoms with Gasteiger partial charge < -0.3 is 9.73 Å². The third-order valence-corrected chi connectivity index (χ3v) is 3.59. The molecule has 1 unspecified atom stereocenters. The normalized spacial score (nSPS) is 12.8. The van der Waals surface area contributed by atoms with Crippen molar-refractivity contribution in [2.75, 3.05) is 7.05 Å². The molecule has 2 rings (SSSR count). The smallest absolute Gasteiger partial charge is 0.134 e. The van der Waals surface area contributed by atoms with E-state index in [-0.39, 0.29) is 11.9 Å². The second-order valence-corrected chi connectivity index (χ2v) is 4.88. The summed E-state index contributed by atoms with van der Waals surface area (Å²) in [5.74, 6) is 0.639. The van der Waals surface area contributed by atoms with E-state index >= 15 is 0 Å². The average molecular weight is 261 g/mol. The molecule has 1 atom stereocenters. The third-order valence-electron chi connectivity index (χ3n) is 3.59. The quantitative estimate of drug-likeness (QED) is 0.802. The first-order valence-electron chi connectivity index (χ1n) is 6.59. The van der Waals surface area contributed by atoms with Crippen molar-refractivity contribution in [3.05, 3.63) is 47.5 Å². The largest absolute Gasteiger partial charge is 0.459 e. The number of aryl methyl sites for hydroxylation is 1. The van der Waals surface area contributed by atoms with Gasteiger partial charge in [-0.25, -0.2) is 4.39 Å². The predicted molar refractivity (Wildman–Crippen MR) is 76.8 cm³/mol. The lowest BCUT2D eigenvalue weighted by Crippen LogP contribution is -2.17. The highest BCUT2D eigenvalue weighted by Gasteiger charge is 2.19. The number of hydrogen-bond donors (Lipinski definition) is 1. The number of nitrogens with one attached hydrogen (secondary N) is 1. The van der Waals surface area contributed by atoms with Gasteiger partial charge in [-0.05, 0) is 45.0 Å². The molecule has 0 amide bonds. The van der Waals surface area contributed by atoms with Crippen LogP contribution in [0.25, 0.3) is 11.0 Å². The van der Waals surface area contributed by atoms with Crippen molar-refractivity contribution < 1.29 is 8.81 Å². The average Bonchev–Trinajstić information content (AvgIpc) is 2.73. The highest BCUT2D eigenvalue weighted by Crippen LogP contribution is 2.32. The molecule has 0 spiro atoms. The molecule has 0 aliphatic rings. The van der Waals surface area contributed by atoms with Crippen LogP contribution in [0.2, 0.25) is 0 Å². The van der Waals surface area contributed by atoms with E-state index in [0.29, 0.717) is 0 Å². The van der Waals surface area contributed by atoms with Crippen LogP contribution in [-0.2, 0) is 0 Å². The van der Waals surface area contributed by atoms with E-state index in [1.807, 2.05) is 14.0 Å². The zero-order chi connectivity index (χ0) is 14.0. The summed E-state index contributed by atoms with van der Waals surface area (Å²) in [7, 11) is 1.90. The molecule has 0 bridgehead atoms. The minimum atomic E-state index is -0.234. The monoisotopic (exact) mass is 261 g/mol. The highest BCUT2D eigenvalue weighted by atomic mass is 19.1. The number of rotatable bonds is 5. The minimum absolute atomic E-state index is 0.0860. The van der Waals surface area contributed by atoms with Crippen LogP contribution < -0.4 is 5.32 Å². The number of halogens is 1. The van der Waals surface area contributed by atoms with Gasteiger partial charge in [0.15, 0.2) is 0 Å². The molecule has 0 radical (unpaired) electrons. The summed E-state index contributed by atoms with van der Waals surface area (Å²) in [5.41, 5.74) is 2.90. The molecular weight excluding hydrogens is 241 g/mol. The van der Waals surface area contributed by atoms with Crippen LogP contribution in [0.15, 0.2) is 34.8 Å². The molecule has 1 aromatic heterocycles. The van der Waals surface area contributed by atoms with Crippen LogP contribution in [0.3, 0.4) is 0 Å². The predicted octanol–water partition coefficient (Wildman–Crippen LogP) is 4.50. The maximum Gasteiger partial charge on any atom is 0.134 e. The second-order valence-electron chi connectivity index (χ2n) is 4.88. The van der Waals surface area contributed by atoms with Gasteiger partial charge >= 0.3 is 0 Å². The summed E-state index contributed by atoms with van der Waals surface area (Å²) in [6.07, 6.45) is 1.78. The Morgan fingerprint density at radius 1 is 1.47 bits per heavy atom. The van der Waals surface area contributed by atoms with E-state index in [9.17, 15) is 4.39 Å². The zero-order valence-corrected chi connectivity index (χ0v) is 11.7. The Balaban J connectivity index is 2.43. The number of furan rings is 1. The summed E-state index contributed by atoms with van der Waals surface area (Å²) in [6.45, 7) is 8.11. The Kier molecular flexibility index (Phi) is 4.05. The fourth-order valence-electron chi connectivity index (χ4n) is 2.30. The molecule has 19 heavy (non-hydrogen) atoms. The molecular formula is C16H20FNO. The van der Waals surface area contributed by atoms with E-state index in [1.54, 1.807) is 6.07 Å². The Morgan fingerprint density at radius 2 is 2.21 bits per heavy atom. The molecule has 3 heteroatoms. The van der Waals surface area contributed by atoms with Gasteiger partial charge in [0.2, 0.25) is 0 Å². The van der Waals surface area contributed by atoms with Crippen molar-refractivity contribution in [3.63, 3.8) is 0 Å². The van der Waals surface area contributed by atoms with Gasteiger partial charge in [-0.15, -0.1) is 0 Å². The molecule has 1 heterocycles. The molecule has 102 valence electrons. The summed E-state index contributed by atoms with van der Waals surface area (Å²) in [6, 6.07) is 4.72. The number of fused-ring (bicyclic) bond motifs is 1. The summed E-state index contributed by atoms with van der Waals surface area (Å²) in [5, 5.41) is 4.10. The van der Waals surface area contributed by atoms with E-state index in [1.165, 1.54) is 17.7 Å². The molecule has 2 nitrogen and oxygen atoms in total. The number of benzene rings is 1. The van der Waals surface area contributed by atoms with E-state index in [4.69, 9.17) is 4.42 Å². The van der Waals surface area contributed by atoms with E-state index in [2.05, 4.69) is 18.8 Å². The van der Waals surface area contributed by atoms with Crippen LogP contribution in [0.1, 0.15) is 37.1 Å².